The van der Waals surface area contributed by atoms with Crippen LogP contribution in [0.4, 0.5) is 0 Å². The molecule has 0 saturated carbocycles. The third-order valence-electron chi connectivity index (χ3n) is 11.4. The van der Waals surface area contributed by atoms with Gasteiger partial charge in [0.05, 0.1) is 11.0 Å². The molecule has 4 nitrogen and oxygen atoms in total. The van der Waals surface area contributed by atoms with Crippen molar-refractivity contribution in [3.05, 3.63) is 194 Å². The van der Waals surface area contributed by atoms with E-state index in [1.54, 1.807) is 0 Å². The minimum absolute atomic E-state index is 0.872. The van der Waals surface area contributed by atoms with Gasteiger partial charge in [0, 0.05) is 38.4 Å². The van der Waals surface area contributed by atoms with E-state index >= 15 is 0 Å². The fourth-order valence-corrected chi connectivity index (χ4v) is 8.62. The number of benzene rings is 9. The molecular formula is C53H32N2O2. The van der Waals surface area contributed by atoms with Crippen LogP contribution in [0.25, 0.3) is 116 Å². The van der Waals surface area contributed by atoms with Gasteiger partial charge in [-0.15, -0.1) is 0 Å². The van der Waals surface area contributed by atoms with Gasteiger partial charge in [-0.05, 0) is 117 Å². The van der Waals surface area contributed by atoms with Crippen molar-refractivity contribution in [2.24, 2.45) is 0 Å². The molecule has 0 unspecified atom stereocenters. The third kappa shape index (κ3) is 5.12. The summed E-state index contributed by atoms with van der Waals surface area (Å²) in [5.41, 5.74) is 14.2. The van der Waals surface area contributed by atoms with Gasteiger partial charge in [0.1, 0.15) is 28.2 Å². The molecule has 9 aromatic carbocycles. The number of fused-ring (bicyclic) bond motifs is 8. The molecule has 0 aliphatic carbocycles. The van der Waals surface area contributed by atoms with Crippen molar-refractivity contribution >= 4 is 65.7 Å². The molecule has 266 valence electrons. The Morgan fingerprint density at radius 3 is 1.60 bits per heavy atom. The summed E-state index contributed by atoms with van der Waals surface area (Å²) in [6.07, 6.45) is 0. The van der Waals surface area contributed by atoms with Crippen LogP contribution in [0.1, 0.15) is 0 Å². The predicted octanol–water partition coefficient (Wildman–Crippen LogP) is 14.6. The normalized spacial score (nSPS) is 11.9. The SMILES string of the molecule is c1ccc(-n2c(-c3cc(-c4ccc5oc6ccccc6c5c4)cc(-c4ccc5oc6ccccc6c5c4)c3)nc3c(-c4ccc5ccccc5c4)cccc32)cc1. The van der Waals surface area contributed by atoms with Crippen molar-refractivity contribution in [2.75, 3.05) is 0 Å². The minimum atomic E-state index is 0.872. The summed E-state index contributed by atoms with van der Waals surface area (Å²) in [5.74, 6) is 0.872. The second-order valence-electron chi connectivity index (χ2n) is 14.8. The Hall–Kier alpha value is -7.69. The third-order valence-corrected chi connectivity index (χ3v) is 11.4. The average Bonchev–Trinajstić information content (AvgIpc) is 3.97. The Morgan fingerprint density at radius 2 is 0.912 bits per heavy atom. The summed E-state index contributed by atoms with van der Waals surface area (Å²) in [6, 6.07) is 68.7. The van der Waals surface area contributed by atoms with Gasteiger partial charge in [0.2, 0.25) is 0 Å². The van der Waals surface area contributed by atoms with Crippen LogP contribution in [0.2, 0.25) is 0 Å². The lowest BCUT2D eigenvalue weighted by Crippen LogP contribution is -1.98. The van der Waals surface area contributed by atoms with E-state index in [1.807, 2.05) is 24.3 Å². The molecule has 0 radical (unpaired) electrons. The van der Waals surface area contributed by atoms with E-state index in [1.165, 1.54) is 10.8 Å². The van der Waals surface area contributed by atoms with E-state index in [9.17, 15) is 0 Å². The second kappa shape index (κ2) is 12.4. The highest BCUT2D eigenvalue weighted by Crippen LogP contribution is 2.41. The van der Waals surface area contributed by atoms with Gasteiger partial charge in [-0.25, -0.2) is 4.98 Å². The first-order valence-corrected chi connectivity index (χ1v) is 19.3. The van der Waals surface area contributed by atoms with Gasteiger partial charge in [0.15, 0.2) is 0 Å². The Kier molecular flexibility index (Phi) is 6.89. The Balaban J connectivity index is 1.13. The zero-order valence-electron chi connectivity index (χ0n) is 30.7. The molecule has 0 spiro atoms. The fourth-order valence-electron chi connectivity index (χ4n) is 8.62. The lowest BCUT2D eigenvalue weighted by Gasteiger charge is -2.14. The molecule has 0 bridgehead atoms. The van der Waals surface area contributed by atoms with Crippen LogP contribution in [0.3, 0.4) is 0 Å². The standard InChI is InChI=1S/C53H32N2O2/c1-2-13-41(14-3-1)55-47-18-10-17-42(37-22-21-33-11-4-5-12-34(33)27-37)52(47)54-53(55)40-29-38(35-23-25-50-45(31-35)43-15-6-8-19-48(43)56-50)28-39(30-40)36-24-26-51-46(32-36)44-16-7-9-20-49(44)57-51/h1-32H. The maximum Gasteiger partial charge on any atom is 0.145 e. The number of furan rings is 2. The molecule has 0 atom stereocenters. The molecule has 12 rings (SSSR count). The van der Waals surface area contributed by atoms with Crippen LogP contribution >= 0.6 is 0 Å². The zero-order chi connectivity index (χ0) is 37.5. The highest BCUT2D eigenvalue weighted by Gasteiger charge is 2.20. The molecule has 0 fully saturated rings. The second-order valence-corrected chi connectivity index (χ2v) is 14.8. The topological polar surface area (TPSA) is 44.1 Å². The summed E-state index contributed by atoms with van der Waals surface area (Å²) < 4.78 is 14.8. The lowest BCUT2D eigenvalue weighted by molar-refractivity contribution is 0.668. The quantitative estimate of drug-likeness (QED) is 0.177. The Bertz CT molecular complexity index is 3400. The number of hydrogen-bond acceptors (Lipinski definition) is 3. The van der Waals surface area contributed by atoms with Gasteiger partial charge in [0.25, 0.3) is 0 Å². The van der Waals surface area contributed by atoms with Crippen LogP contribution in [-0.4, -0.2) is 9.55 Å². The van der Waals surface area contributed by atoms with Crippen LogP contribution in [0.15, 0.2) is 203 Å². The van der Waals surface area contributed by atoms with E-state index in [0.29, 0.717) is 0 Å². The van der Waals surface area contributed by atoms with Crippen molar-refractivity contribution in [3.8, 4) is 50.5 Å². The molecule has 3 aromatic heterocycles. The molecule has 57 heavy (non-hydrogen) atoms. The number of nitrogens with zero attached hydrogens (tertiary/aromatic N) is 2. The van der Waals surface area contributed by atoms with Crippen LogP contribution in [0, 0.1) is 0 Å². The number of imidazole rings is 1. The van der Waals surface area contributed by atoms with Crippen molar-refractivity contribution in [2.45, 2.75) is 0 Å². The molecule has 0 amide bonds. The Labute approximate surface area is 327 Å². The summed E-state index contributed by atoms with van der Waals surface area (Å²) in [5, 5.41) is 6.83. The molecule has 12 aromatic rings. The number of hydrogen-bond donors (Lipinski definition) is 0. The monoisotopic (exact) mass is 728 g/mol. The first-order chi connectivity index (χ1) is 28.2. The van der Waals surface area contributed by atoms with Gasteiger partial charge in [-0.2, -0.15) is 0 Å². The number of rotatable bonds is 5. The smallest absolute Gasteiger partial charge is 0.145 e. The molecule has 4 heteroatoms. The Morgan fingerprint density at radius 1 is 0.351 bits per heavy atom. The lowest BCUT2D eigenvalue weighted by atomic mass is 9.94. The van der Waals surface area contributed by atoms with E-state index in [0.717, 1.165) is 105 Å². The van der Waals surface area contributed by atoms with Gasteiger partial charge >= 0.3 is 0 Å². The van der Waals surface area contributed by atoms with Crippen LogP contribution < -0.4 is 0 Å². The molecule has 3 heterocycles. The maximum absolute atomic E-state index is 6.25. The summed E-state index contributed by atoms with van der Waals surface area (Å²) in [6.45, 7) is 0. The molecule has 0 aliphatic rings. The summed E-state index contributed by atoms with van der Waals surface area (Å²) >= 11 is 0. The minimum Gasteiger partial charge on any atom is -0.456 e. The van der Waals surface area contributed by atoms with E-state index in [2.05, 4.69) is 174 Å². The van der Waals surface area contributed by atoms with E-state index in [4.69, 9.17) is 13.8 Å². The van der Waals surface area contributed by atoms with Crippen molar-refractivity contribution in [1.82, 2.24) is 9.55 Å². The highest BCUT2D eigenvalue weighted by atomic mass is 16.3. The molecule has 0 aliphatic heterocycles. The first kappa shape index (κ1) is 31.6. The molecule has 0 saturated heterocycles. The van der Waals surface area contributed by atoms with Gasteiger partial charge < -0.3 is 8.83 Å². The summed E-state index contributed by atoms with van der Waals surface area (Å²) in [7, 11) is 0. The van der Waals surface area contributed by atoms with Crippen molar-refractivity contribution < 1.29 is 8.83 Å². The first-order valence-electron chi connectivity index (χ1n) is 19.3. The van der Waals surface area contributed by atoms with Crippen LogP contribution in [-0.2, 0) is 0 Å². The number of aromatic nitrogens is 2. The van der Waals surface area contributed by atoms with Gasteiger partial charge in [-0.1, -0.05) is 115 Å². The summed E-state index contributed by atoms with van der Waals surface area (Å²) in [4.78, 5) is 5.58. The average molecular weight is 729 g/mol. The van der Waals surface area contributed by atoms with Crippen molar-refractivity contribution in [3.63, 3.8) is 0 Å². The largest absolute Gasteiger partial charge is 0.456 e. The maximum atomic E-state index is 6.25. The highest BCUT2D eigenvalue weighted by molar-refractivity contribution is 6.08. The zero-order valence-corrected chi connectivity index (χ0v) is 30.7. The fraction of sp³-hybridized carbons (Fsp3) is 0. The van der Waals surface area contributed by atoms with E-state index < -0.39 is 0 Å². The van der Waals surface area contributed by atoms with Crippen molar-refractivity contribution in [1.29, 1.82) is 0 Å². The molecular weight excluding hydrogens is 697 g/mol. The van der Waals surface area contributed by atoms with Crippen LogP contribution in [0.5, 0.6) is 0 Å². The molecule has 0 N–H and O–H groups in total. The number of para-hydroxylation sites is 4. The van der Waals surface area contributed by atoms with E-state index in [-0.39, 0.29) is 0 Å². The van der Waals surface area contributed by atoms with Gasteiger partial charge in [-0.3, -0.25) is 4.57 Å². The predicted molar refractivity (Wildman–Crippen MR) is 235 cm³/mol.